The van der Waals surface area contributed by atoms with E-state index in [0.717, 1.165) is 39.0 Å². The van der Waals surface area contributed by atoms with E-state index in [1.165, 1.54) is 53.2 Å². The molecule has 0 amide bonds. The molecule has 0 aliphatic heterocycles. The summed E-state index contributed by atoms with van der Waals surface area (Å²) in [5, 5.41) is 7.49. The molecule has 0 atom stereocenters. The Morgan fingerprint density at radius 2 is 1.15 bits per heavy atom. The van der Waals surface area contributed by atoms with Crippen molar-refractivity contribution in [3.05, 3.63) is 151 Å². The molecular weight excluding hydrogens is 579 g/mol. The van der Waals surface area contributed by atoms with Crippen LogP contribution >= 0.6 is 11.3 Å². The molecule has 0 fully saturated rings. The number of para-hydroxylation sites is 1. The molecule has 0 saturated heterocycles. The zero-order chi connectivity index (χ0) is 30.6. The van der Waals surface area contributed by atoms with Crippen LogP contribution in [0.5, 0.6) is 0 Å². The molecule has 2 nitrogen and oxygen atoms in total. The van der Waals surface area contributed by atoms with Gasteiger partial charge in [-0.3, -0.25) is 0 Å². The fourth-order valence-electron chi connectivity index (χ4n) is 7.76. The maximum absolute atomic E-state index is 6.39. The van der Waals surface area contributed by atoms with Crippen LogP contribution in [0, 0.1) is 0 Å². The average molecular weight is 608 g/mol. The second-order valence-electron chi connectivity index (χ2n) is 13.0. The summed E-state index contributed by atoms with van der Waals surface area (Å²) in [6.45, 7) is 4.69. The van der Waals surface area contributed by atoms with Crippen LogP contribution in [0.4, 0.5) is 17.1 Å². The van der Waals surface area contributed by atoms with Gasteiger partial charge in [0.2, 0.25) is 0 Å². The van der Waals surface area contributed by atoms with Gasteiger partial charge in [0.15, 0.2) is 0 Å². The SMILES string of the molecule is CC1(C)c2ccccc2-c2ccc(N(c3ccc4c(c3)oc3ccccc34)c3ccc4c(c3)sc3c5ccccc5ccc43)cc21. The quantitative estimate of drug-likeness (QED) is 0.199. The lowest BCUT2D eigenvalue weighted by Gasteiger charge is -2.28. The van der Waals surface area contributed by atoms with Crippen LogP contribution in [0.2, 0.25) is 0 Å². The van der Waals surface area contributed by atoms with Crippen molar-refractivity contribution in [1.29, 1.82) is 0 Å². The first-order chi connectivity index (χ1) is 22.5. The van der Waals surface area contributed by atoms with E-state index in [2.05, 4.69) is 146 Å². The number of benzene rings is 7. The van der Waals surface area contributed by atoms with E-state index in [1.54, 1.807) is 0 Å². The highest BCUT2D eigenvalue weighted by Crippen LogP contribution is 2.51. The molecule has 1 aliphatic carbocycles. The van der Waals surface area contributed by atoms with E-state index in [0.29, 0.717) is 0 Å². The Morgan fingerprint density at radius 3 is 2.07 bits per heavy atom. The number of anilines is 3. The topological polar surface area (TPSA) is 16.4 Å². The average Bonchev–Trinajstić information content (AvgIpc) is 3.72. The van der Waals surface area contributed by atoms with Gasteiger partial charge in [0, 0.05) is 59.5 Å². The molecule has 0 N–H and O–H groups in total. The van der Waals surface area contributed by atoms with Crippen molar-refractivity contribution in [2.75, 3.05) is 4.90 Å². The van der Waals surface area contributed by atoms with Gasteiger partial charge in [-0.1, -0.05) is 105 Å². The van der Waals surface area contributed by atoms with Crippen molar-refractivity contribution in [3.63, 3.8) is 0 Å². The van der Waals surface area contributed by atoms with Crippen molar-refractivity contribution in [2.45, 2.75) is 19.3 Å². The standard InChI is InChI=1S/C43H29NOS/c1-43(2)37-13-7-5-11-31(37)32-20-16-27(23-38(32)43)44(28-17-21-34-33-12-6-8-14-39(33)45-40(34)24-28)29-18-22-35-36-19-15-26-9-3-4-10-30(26)42(36)46-41(35)25-29/h3-25H,1-2H3. The monoisotopic (exact) mass is 607 g/mol. The zero-order valence-electron chi connectivity index (χ0n) is 25.5. The van der Waals surface area contributed by atoms with E-state index in [9.17, 15) is 0 Å². The van der Waals surface area contributed by atoms with Crippen molar-refractivity contribution >= 4 is 81.3 Å². The van der Waals surface area contributed by atoms with Crippen LogP contribution < -0.4 is 4.90 Å². The second-order valence-corrected chi connectivity index (χ2v) is 14.0. The third kappa shape index (κ3) is 3.58. The predicted molar refractivity (Wildman–Crippen MR) is 196 cm³/mol. The molecule has 0 bridgehead atoms. The van der Waals surface area contributed by atoms with Gasteiger partial charge >= 0.3 is 0 Å². The zero-order valence-corrected chi connectivity index (χ0v) is 26.4. The first-order valence-electron chi connectivity index (χ1n) is 15.8. The molecule has 3 heteroatoms. The predicted octanol–water partition coefficient (Wildman–Crippen LogP) is 12.9. The molecule has 10 rings (SSSR count). The lowest BCUT2D eigenvalue weighted by atomic mass is 9.82. The summed E-state index contributed by atoms with van der Waals surface area (Å²) in [4.78, 5) is 2.40. The summed E-state index contributed by atoms with van der Waals surface area (Å²) in [5.41, 5.74) is 10.5. The van der Waals surface area contributed by atoms with Gasteiger partial charge in [-0.25, -0.2) is 0 Å². The van der Waals surface area contributed by atoms with E-state index >= 15 is 0 Å². The number of hydrogen-bond donors (Lipinski definition) is 0. The van der Waals surface area contributed by atoms with Crippen molar-refractivity contribution < 1.29 is 4.42 Å². The molecule has 1 aliphatic rings. The number of nitrogens with zero attached hydrogens (tertiary/aromatic N) is 1. The highest BCUT2D eigenvalue weighted by atomic mass is 32.1. The van der Waals surface area contributed by atoms with E-state index in [4.69, 9.17) is 4.42 Å². The van der Waals surface area contributed by atoms with Gasteiger partial charge < -0.3 is 9.32 Å². The van der Waals surface area contributed by atoms with Gasteiger partial charge in [-0.2, -0.15) is 0 Å². The molecule has 0 spiro atoms. The Hall–Kier alpha value is -5.38. The summed E-state index contributed by atoms with van der Waals surface area (Å²) >= 11 is 1.88. The number of hydrogen-bond acceptors (Lipinski definition) is 3. The van der Waals surface area contributed by atoms with Crippen LogP contribution in [0.3, 0.4) is 0 Å². The third-order valence-electron chi connectivity index (χ3n) is 10.1. The van der Waals surface area contributed by atoms with Gasteiger partial charge in [0.05, 0.1) is 0 Å². The lowest BCUT2D eigenvalue weighted by Crippen LogP contribution is -2.16. The lowest BCUT2D eigenvalue weighted by molar-refractivity contribution is 0.660. The summed E-state index contributed by atoms with van der Waals surface area (Å²) < 4.78 is 9.02. The largest absolute Gasteiger partial charge is 0.456 e. The third-order valence-corrected chi connectivity index (χ3v) is 11.3. The number of fused-ring (bicyclic) bond motifs is 11. The van der Waals surface area contributed by atoms with Gasteiger partial charge in [0.25, 0.3) is 0 Å². The molecule has 2 aromatic heterocycles. The molecule has 0 saturated carbocycles. The maximum atomic E-state index is 6.39. The minimum atomic E-state index is -0.0905. The molecule has 2 heterocycles. The Labute approximate surface area is 270 Å². The van der Waals surface area contributed by atoms with Gasteiger partial charge in [0.1, 0.15) is 11.2 Å². The molecule has 9 aromatic rings. The first-order valence-corrected chi connectivity index (χ1v) is 16.7. The second kappa shape index (κ2) is 9.32. The molecule has 0 unspecified atom stereocenters. The summed E-state index contributed by atoms with van der Waals surface area (Å²) in [5.74, 6) is 0. The van der Waals surface area contributed by atoms with Gasteiger partial charge in [-0.15, -0.1) is 11.3 Å². The Kier molecular flexibility index (Phi) is 5.25. The van der Waals surface area contributed by atoms with Crippen LogP contribution in [0.15, 0.2) is 144 Å². The maximum Gasteiger partial charge on any atom is 0.137 e. The Balaban J connectivity index is 1.20. The summed E-state index contributed by atoms with van der Waals surface area (Å²) in [7, 11) is 0. The van der Waals surface area contributed by atoms with Crippen LogP contribution in [0.1, 0.15) is 25.0 Å². The smallest absolute Gasteiger partial charge is 0.137 e. The Bertz CT molecular complexity index is 2690. The molecule has 0 radical (unpaired) electrons. The Morgan fingerprint density at radius 1 is 0.500 bits per heavy atom. The van der Waals surface area contributed by atoms with Crippen molar-refractivity contribution in [2.24, 2.45) is 0 Å². The van der Waals surface area contributed by atoms with E-state index in [-0.39, 0.29) is 5.41 Å². The highest BCUT2D eigenvalue weighted by Gasteiger charge is 2.35. The number of furan rings is 1. The molecular formula is C43H29NOS. The first kappa shape index (κ1) is 25.9. The minimum absolute atomic E-state index is 0.0905. The highest BCUT2D eigenvalue weighted by molar-refractivity contribution is 7.26. The number of thiophene rings is 1. The number of rotatable bonds is 3. The minimum Gasteiger partial charge on any atom is -0.456 e. The summed E-state index contributed by atoms with van der Waals surface area (Å²) in [6.07, 6.45) is 0. The van der Waals surface area contributed by atoms with Crippen molar-refractivity contribution in [1.82, 2.24) is 0 Å². The molecule has 218 valence electrons. The molecule has 7 aromatic carbocycles. The van der Waals surface area contributed by atoms with Crippen LogP contribution in [-0.4, -0.2) is 0 Å². The van der Waals surface area contributed by atoms with E-state index < -0.39 is 0 Å². The van der Waals surface area contributed by atoms with Crippen LogP contribution in [0.25, 0.3) is 64.0 Å². The van der Waals surface area contributed by atoms with Gasteiger partial charge in [-0.05, 0) is 75.5 Å². The van der Waals surface area contributed by atoms with Crippen molar-refractivity contribution in [3.8, 4) is 11.1 Å². The summed E-state index contributed by atoms with van der Waals surface area (Å²) in [6, 6.07) is 51.0. The normalized spacial score (nSPS) is 13.6. The van der Waals surface area contributed by atoms with Crippen LogP contribution in [-0.2, 0) is 5.41 Å². The molecule has 46 heavy (non-hydrogen) atoms. The fourth-order valence-corrected chi connectivity index (χ4v) is 9.04. The fraction of sp³-hybridized carbons (Fsp3) is 0.0698. The van der Waals surface area contributed by atoms with E-state index in [1.807, 2.05) is 23.5 Å².